The predicted octanol–water partition coefficient (Wildman–Crippen LogP) is 2.58. The minimum Gasteiger partial charge on any atom is -0.381 e. The Labute approximate surface area is 88.4 Å². The third-order valence-electron chi connectivity index (χ3n) is 2.69. The molecule has 1 aliphatic carbocycles. The molecule has 0 aliphatic heterocycles. The van der Waals surface area contributed by atoms with Crippen LogP contribution in [0.2, 0.25) is 0 Å². The van der Waals surface area contributed by atoms with Crippen LogP contribution in [0.4, 0.5) is 0 Å². The van der Waals surface area contributed by atoms with Crippen molar-refractivity contribution in [3.8, 4) is 0 Å². The molecule has 2 heteroatoms. The minimum absolute atomic E-state index is 0.920. The fourth-order valence-electron chi connectivity index (χ4n) is 1.52. The molecule has 1 N–H and O–H groups in total. The van der Waals surface area contributed by atoms with E-state index < -0.39 is 0 Å². The molecule has 0 saturated heterocycles. The highest BCUT2D eigenvalue weighted by molar-refractivity contribution is 4.71. The molecule has 0 bridgehead atoms. The standard InChI is InChI=1S/C12H25NO/c1-2-13-9-5-3-4-6-10-14-11-12-7-8-12/h12-13H,2-11H2,1H3. The van der Waals surface area contributed by atoms with Crippen molar-refractivity contribution in [2.45, 2.75) is 45.4 Å². The molecule has 1 rings (SSSR count). The maximum absolute atomic E-state index is 5.57. The van der Waals surface area contributed by atoms with Crippen LogP contribution in [-0.4, -0.2) is 26.3 Å². The van der Waals surface area contributed by atoms with Gasteiger partial charge in [0.05, 0.1) is 0 Å². The summed E-state index contributed by atoms with van der Waals surface area (Å²) in [5, 5.41) is 3.34. The molecule has 0 radical (unpaired) electrons. The molecular weight excluding hydrogens is 174 g/mol. The first kappa shape index (κ1) is 12.0. The Kier molecular flexibility index (Phi) is 7.06. The number of nitrogens with one attached hydrogen (secondary N) is 1. The molecule has 0 unspecified atom stereocenters. The SMILES string of the molecule is CCNCCCCCCOCC1CC1. The van der Waals surface area contributed by atoms with Crippen LogP contribution in [0.5, 0.6) is 0 Å². The van der Waals surface area contributed by atoms with E-state index in [1.54, 1.807) is 0 Å². The molecule has 1 aliphatic rings. The molecular formula is C12H25NO. The number of unbranched alkanes of at least 4 members (excludes halogenated alkanes) is 3. The third-order valence-corrected chi connectivity index (χ3v) is 2.69. The van der Waals surface area contributed by atoms with E-state index in [0.29, 0.717) is 0 Å². The fraction of sp³-hybridized carbons (Fsp3) is 1.00. The summed E-state index contributed by atoms with van der Waals surface area (Å²) in [7, 11) is 0. The lowest BCUT2D eigenvalue weighted by Gasteiger charge is -2.03. The van der Waals surface area contributed by atoms with E-state index in [1.807, 2.05) is 0 Å². The van der Waals surface area contributed by atoms with E-state index in [1.165, 1.54) is 45.1 Å². The summed E-state index contributed by atoms with van der Waals surface area (Å²) < 4.78 is 5.57. The van der Waals surface area contributed by atoms with Crippen molar-refractivity contribution < 1.29 is 4.74 Å². The highest BCUT2D eigenvalue weighted by atomic mass is 16.5. The lowest BCUT2D eigenvalue weighted by molar-refractivity contribution is 0.120. The van der Waals surface area contributed by atoms with E-state index >= 15 is 0 Å². The first-order chi connectivity index (χ1) is 6.93. The van der Waals surface area contributed by atoms with Gasteiger partial charge < -0.3 is 10.1 Å². The van der Waals surface area contributed by atoms with Crippen LogP contribution in [0.1, 0.15) is 45.4 Å². The van der Waals surface area contributed by atoms with Gasteiger partial charge in [0, 0.05) is 13.2 Å². The second kappa shape index (κ2) is 8.25. The van der Waals surface area contributed by atoms with Gasteiger partial charge in [-0.1, -0.05) is 19.8 Å². The van der Waals surface area contributed by atoms with Crippen LogP contribution in [0.3, 0.4) is 0 Å². The molecule has 0 heterocycles. The van der Waals surface area contributed by atoms with Crippen molar-refractivity contribution in [3.63, 3.8) is 0 Å². The minimum atomic E-state index is 0.920. The molecule has 14 heavy (non-hydrogen) atoms. The van der Waals surface area contributed by atoms with Gasteiger partial charge in [0.15, 0.2) is 0 Å². The van der Waals surface area contributed by atoms with Gasteiger partial charge in [-0.2, -0.15) is 0 Å². The molecule has 2 nitrogen and oxygen atoms in total. The monoisotopic (exact) mass is 199 g/mol. The van der Waals surface area contributed by atoms with Crippen molar-refractivity contribution in [1.82, 2.24) is 5.32 Å². The van der Waals surface area contributed by atoms with Crippen LogP contribution in [0, 0.1) is 5.92 Å². The van der Waals surface area contributed by atoms with E-state index in [0.717, 1.165) is 25.7 Å². The normalized spacial score (nSPS) is 16.1. The smallest absolute Gasteiger partial charge is 0.0494 e. The van der Waals surface area contributed by atoms with Crippen molar-refractivity contribution in [2.75, 3.05) is 26.3 Å². The Morgan fingerprint density at radius 1 is 1.14 bits per heavy atom. The summed E-state index contributed by atoms with van der Waals surface area (Å²) in [4.78, 5) is 0. The predicted molar refractivity (Wildman–Crippen MR) is 60.6 cm³/mol. The van der Waals surface area contributed by atoms with Crippen LogP contribution in [0.25, 0.3) is 0 Å². The van der Waals surface area contributed by atoms with Crippen LogP contribution in [-0.2, 0) is 4.74 Å². The second-order valence-electron chi connectivity index (χ2n) is 4.29. The van der Waals surface area contributed by atoms with Crippen LogP contribution >= 0.6 is 0 Å². The van der Waals surface area contributed by atoms with Gasteiger partial charge in [0.25, 0.3) is 0 Å². The van der Waals surface area contributed by atoms with Crippen LogP contribution < -0.4 is 5.32 Å². The zero-order valence-electron chi connectivity index (χ0n) is 9.56. The van der Waals surface area contributed by atoms with Crippen molar-refractivity contribution in [1.29, 1.82) is 0 Å². The first-order valence-corrected chi connectivity index (χ1v) is 6.22. The van der Waals surface area contributed by atoms with Crippen molar-refractivity contribution in [3.05, 3.63) is 0 Å². The van der Waals surface area contributed by atoms with E-state index in [4.69, 9.17) is 4.74 Å². The van der Waals surface area contributed by atoms with Gasteiger partial charge in [-0.05, 0) is 44.7 Å². The molecule has 0 aromatic rings. The molecule has 0 atom stereocenters. The van der Waals surface area contributed by atoms with Crippen molar-refractivity contribution >= 4 is 0 Å². The van der Waals surface area contributed by atoms with Gasteiger partial charge >= 0.3 is 0 Å². The summed E-state index contributed by atoms with van der Waals surface area (Å²) in [5.74, 6) is 0.920. The number of rotatable bonds is 10. The van der Waals surface area contributed by atoms with Gasteiger partial charge in [-0.15, -0.1) is 0 Å². The summed E-state index contributed by atoms with van der Waals surface area (Å²) >= 11 is 0. The summed E-state index contributed by atoms with van der Waals surface area (Å²) in [6, 6.07) is 0. The molecule has 0 amide bonds. The largest absolute Gasteiger partial charge is 0.381 e. The van der Waals surface area contributed by atoms with Crippen molar-refractivity contribution in [2.24, 2.45) is 5.92 Å². The maximum Gasteiger partial charge on any atom is 0.0494 e. The Balaban J connectivity index is 1.63. The first-order valence-electron chi connectivity index (χ1n) is 6.22. The lowest BCUT2D eigenvalue weighted by atomic mass is 10.2. The molecule has 84 valence electrons. The fourth-order valence-corrected chi connectivity index (χ4v) is 1.52. The van der Waals surface area contributed by atoms with Gasteiger partial charge in [-0.3, -0.25) is 0 Å². The van der Waals surface area contributed by atoms with E-state index in [2.05, 4.69) is 12.2 Å². The van der Waals surface area contributed by atoms with Gasteiger partial charge in [0.2, 0.25) is 0 Å². The Bertz CT molecular complexity index is 123. The quantitative estimate of drug-likeness (QED) is 0.546. The topological polar surface area (TPSA) is 21.3 Å². The third kappa shape index (κ3) is 7.34. The average molecular weight is 199 g/mol. The Morgan fingerprint density at radius 3 is 2.64 bits per heavy atom. The highest BCUT2D eigenvalue weighted by Gasteiger charge is 2.20. The van der Waals surface area contributed by atoms with E-state index in [-0.39, 0.29) is 0 Å². The van der Waals surface area contributed by atoms with Gasteiger partial charge in [-0.25, -0.2) is 0 Å². The zero-order valence-corrected chi connectivity index (χ0v) is 9.56. The summed E-state index contributed by atoms with van der Waals surface area (Å²) in [5.41, 5.74) is 0. The highest BCUT2D eigenvalue weighted by Crippen LogP contribution is 2.28. The summed E-state index contributed by atoms with van der Waals surface area (Å²) in [6.45, 7) is 6.45. The van der Waals surface area contributed by atoms with Gasteiger partial charge in [0.1, 0.15) is 0 Å². The molecule has 0 spiro atoms. The number of hydrogen-bond donors (Lipinski definition) is 1. The van der Waals surface area contributed by atoms with E-state index in [9.17, 15) is 0 Å². The Morgan fingerprint density at radius 2 is 1.93 bits per heavy atom. The molecule has 1 saturated carbocycles. The Hall–Kier alpha value is -0.0800. The zero-order chi connectivity index (χ0) is 10.1. The lowest BCUT2D eigenvalue weighted by Crippen LogP contribution is -2.13. The average Bonchev–Trinajstić information content (AvgIpc) is 2.99. The second-order valence-corrected chi connectivity index (χ2v) is 4.29. The molecule has 0 aromatic carbocycles. The number of hydrogen-bond acceptors (Lipinski definition) is 2. The maximum atomic E-state index is 5.57. The molecule has 1 fully saturated rings. The molecule has 0 aromatic heterocycles. The van der Waals surface area contributed by atoms with Crippen LogP contribution in [0.15, 0.2) is 0 Å². The summed E-state index contributed by atoms with van der Waals surface area (Å²) in [6.07, 6.45) is 8.05. The number of ether oxygens (including phenoxy) is 1.